The van der Waals surface area contributed by atoms with Gasteiger partial charge in [0.25, 0.3) is 5.91 Å². The van der Waals surface area contributed by atoms with Crippen LogP contribution in [0.1, 0.15) is 26.4 Å². The summed E-state index contributed by atoms with van der Waals surface area (Å²) in [5, 5.41) is 11.3. The van der Waals surface area contributed by atoms with E-state index in [4.69, 9.17) is 5.11 Å². The normalized spacial score (nSPS) is 10.4. The summed E-state index contributed by atoms with van der Waals surface area (Å²) in [6, 6.07) is 8.60. The van der Waals surface area contributed by atoms with Crippen LogP contribution in [0.5, 0.6) is 5.75 Å². The van der Waals surface area contributed by atoms with Gasteiger partial charge < -0.3 is 15.2 Å². The molecule has 1 heterocycles. The summed E-state index contributed by atoms with van der Waals surface area (Å²) in [5.74, 6) is -1.74. The molecule has 0 bridgehead atoms. The van der Waals surface area contributed by atoms with E-state index < -0.39 is 18.5 Å². The molecule has 0 aliphatic carbocycles. The first-order valence-electron chi connectivity index (χ1n) is 6.47. The van der Waals surface area contributed by atoms with Gasteiger partial charge in [-0.05, 0) is 18.2 Å². The highest BCUT2D eigenvalue weighted by Crippen LogP contribution is 2.20. The molecule has 23 heavy (non-hydrogen) atoms. The van der Waals surface area contributed by atoms with Crippen molar-refractivity contribution in [1.29, 1.82) is 0 Å². The number of hydrogen-bond donors (Lipinski definition) is 2. The highest BCUT2D eigenvalue weighted by atomic mass is 19.3. The number of nitrogens with zero attached hydrogens (tertiary/aromatic N) is 1. The number of para-hydroxylation sites is 1. The van der Waals surface area contributed by atoms with E-state index in [9.17, 15) is 18.4 Å². The average Bonchev–Trinajstić information content (AvgIpc) is 2.53. The van der Waals surface area contributed by atoms with Crippen molar-refractivity contribution >= 4 is 11.9 Å². The van der Waals surface area contributed by atoms with Crippen LogP contribution in [0, 0.1) is 0 Å². The number of halogens is 2. The Hall–Kier alpha value is -3.03. The van der Waals surface area contributed by atoms with Gasteiger partial charge in [0.1, 0.15) is 11.4 Å². The van der Waals surface area contributed by atoms with E-state index in [2.05, 4.69) is 15.0 Å². The number of benzene rings is 1. The van der Waals surface area contributed by atoms with Crippen LogP contribution in [0.2, 0.25) is 0 Å². The minimum absolute atomic E-state index is 0.0254. The van der Waals surface area contributed by atoms with Crippen LogP contribution in [-0.2, 0) is 6.54 Å². The molecule has 1 aromatic heterocycles. The molecule has 0 saturated carbocycles. The van der Waals surface area contributed by atoms with Crippen LogP contribution in [0.25, 0.3) is 0 Å². The zero-order valence-electron chi connectivity index (χ0n) is 11.7. The number of carboxylic acid groups (broad SMARTS) is 1. The summed E-state index contributed by atoms with van der Waals surface area (Å²) in [6.45, 7) is -2.98. The number of aromatic nitrogens is 1. The molecule has 0 saturated heterocycles. The van der Waals surface area contributed by atoms with E-state index in [1.54, 1.807) is 12.1 Å². The molecule has 8 heteroatoms. The number of carboxylic acids is 1. The van der Waals surface area contributed by atoms with Gasteiger partial charge in [0.2, 0.25) is 0 Å². The quantitative estimate of drug-likeness (QED) is 0.852. The topological polar surface area (TPSA) is 88.5 Å². The monoisotopic (exact) mass is 322 g/mol. The smallest absolute Gasteiger partial charge is 0.387 e. The fourth-order valence-corrected chi connectivity index (χ4v) is 1.79. The van der Waals surface area contributed by atoms with Crippen LogP contribution < -0.4 is 10.1 Å². The molecule has 0 atom stereocenters. The number of aromatic carboxylic acids is 1. The maximum absolute atomic E-state index is 12.3. The Bertz CT molecular complexity index is 705. The van der Waals surface area contributed by atoms with E-state index in [1.807, 2.05) is 0 Å². The molecule has 1 aromatic carbocycles. The Kier molecular flexibility index (Phi) is 5.19. The largest absolute Gasteiger partial charge is 0.477 e. The minimum Gasteiger partial charge on any atom is -0.477 e. The minimum atomic E-state index is -2.96. The Morgan fingerprint density at radius 1 is 1.22 bits per heavy atom. The Labute approximate surface area is 129 Å². The molecular formula is C15H12F2N2O4. The van der Waals surface area contributed by atoms with Gasteiger partial charge in [-0.2, -0.15) is 8.78 Å². The lowest BCUT2D eigenvalue weighted by molar-refractivity contribution is -0.0504. The molecule has 0 aliphatic rings. The molecule has 0 spiro atoms. The molecule has 0 radical (unpaired) electrons. The number of nitrogens with one attached hydrogen (secondary N) is 1. The second kappa shape index (κ2) is 7.30. The number of ether oxygens (including phenoxy) is 1. The zero-order valence-corrected chi connectivity index (χ0v) is 11.7. The first-order chi connectivity index (χ1) is 11.0. The van der Waals surface area contributed by atoms with Crippen LogP contribution in [0.3, 0.4) is 0 Å². The van der Waals surface area contributed by atoms with Crippen molar-refractivity contribution in [3.8, 4) is 5.75 Å². The molecule has 2 rings (SSSR count). The first-order valence-corrected chi connectivity index (χ1v) is 6.47. The number of alkyl halides is 2. The van der Waals surface area contributed by atoms with Crippen LogP contribution >= 0.6 is 0 Å². The van der Waals surface area contributed by atoms with Crippen molar-refractivity contribution in [2.24, 2.45) is 0 Å². The van der Waals surface area contributed by atoms with Crippen molar-refractivity contribution in [2.45, 2.75) is 13.2 Å². The summed E-state index contributed by atoms with van der Waals surface area (Å²) < 4.78 is 29.0. The van der Waals surface area contributed by atoms with E-state index in [0.717, 1.165) is 6.20 Å². The van der Waals surface area contributed by atoms with E-state index in [-0.39, 0.29) is 23.6 Å². The molecule has 1 amide bonds. The fraction of sp³-hybridized carbons (Fsp3) is 0.133. The van der Waals surface area contributed by atoms with Gasteiger partial charge in [0, 0.05) is 18.3 Å². The predicted molar refractivity (Wildman–Crippen MR) is 75.4 cm³/mol. The summed E-state index contributed by atoms with van der Waals surface area (Å²) in [6.07, 6.45) is 1.13. The van der Waals surface area contributed by atoms with E-state index in [0.29, 0.717) is 5.56 Å². The third kappa shape index (κ3) is 4.47. The SMILES string of the molecule is O=C(NCc1ccccc1OC(F)F)c1ccc(C(=O)O)nc1. The Balaban J connectivity index is 2.03. The number of carbonyl (C=O) groups is 2. The molecular weight excluding hydrogens is 310 g/mol. The number of amides is 1. The van der Waals surface area contributed by atoms with Gasteiger partial charge in [-0.3, -0.25) is 4.79 Å². The molecule has 0 fully saturated rings. The first kappa shape index (κ1) is 16.3. The average molecular weight is 322 g/mol. The Morgan fingerprint density at radius 2 is 1.96 bits per heavy atom. The molecule has 6 nitrogen and oxygen atoms in total. The third-order valence-electron chi connectivity index (χ3n) is 2.87. The zero-order chi connectivity index (χ0) is 16.8. The van der Waals surface area contributed by atoms with Crippen LogP contribution in [0.15, 0.2) is 42.6 Å². The standard InChI is InChI=1S/C15H12F2N2O4/c16-15(17)23-12-4-2-1-3-9(12)7-19-13(20)10-5-6-11(14(21)22)18-8-10/h1-6,8,15H,7H2,(H,19,20)(H,21,22). The van der Waals surface area contributed by atoms with Crippen molar-refractivity contribution < 1.29 is 28.2 Å². The van der Waals surface area contributed by atoms with E-state index in [1.165, 1.54) is 24.3 Å². The second-order valence-corrected chi connectivity index (χ2v) is 4.41. The fourth-order valence-electron chi connectivity index (χ4n) is 1.79. The van der Waals surface area contributed by atoms with E-state index >= 15 is 0 Å². The third-order valence-corrected chi connectivity index (χ3v) is 2.87. The van der Waals surface area contributed by atoms with Gasteiger partial charge in [0.05, 0.1) is 5.56 Å². The number of hydrogen-bond acceptors (Lipinski definition) is 4. The summed E-state index contributed by atoms with van der Waals surface area (Å²) >= 11 is 0. The Morgan fingerprint density at radius 3 is 2.57 bits per heavy atom. The maximum Gasteiger partial charge on any atom is 0.387 e. The second-order valence-electron chi connectivity index (χ2n) is 4.41. The molecule has 0 aliphatic heterocycles. The van der Waals surface area contributed by atoms with Crippen LogP contribution in [0.4, 0.5) is 8.78 Å². The molecule has 0 unspecified atom stereocenters. The summed E-state index contributed by atoms with van der Waals surface area (Å²) in [5.41, 5.74) is 0.357. The summed E-state index contributed by atoms with van der Waals surface area (Å²) in [4.78, 5) is 26.3. The van der Waals surface area contributed by atoms with Gasteiger partial charge in [0.15, 0.2) is 0 Å². The number of rotatable bonds is 6. The van der Waals surface area contributed by atoms with Gasteiger partial charge in [-0.1, -0.05) is 18.2 Å². The highest BCUT2D eigenvalue weighted by molar-refractivity contribution is 5.94. The van der Waals surface area contributed by atoms with Gasteiger partial charge in [-0.25, -0.2) is 9.78 Å². The highest BCUT2D eigenvalue weighted by Gasteiger charge is 2.12. The molecule has 2 aromatic rings. The van der Waals surface area contributed by atoms with Crippen molar-refractivity contribution in [3.63, 3.8) is 0 Å². The maximum atomic E-state index is 12.3. The lowest BCUT2D eigenvalue weighted by Gasteiger charge is -2.11. The number of carbonyl (C=O) groups excluding carboxylic acids is 1. The van der Waals surface area contributed by atoms with Crippen molar-refractivity contribution in [2.75, 3.05) is 0 Å². The van der Waals surface area contributed by atoms with Crippen molar-refractivity contribution in [1.82, 2.24) is 10.3 Å². The number of pyridine rings is 1. The molecule has 120 valence electrons. The van der Waals surface area contributed by atoms with Crippen molar-refractivity contribution in [3.05, 3.63) is 59.4 Å². The van der Waals surface area contributed by atoms with Gasteiger partial charge in [-0.15, -0.1) is 0 Å². The lowest BCUT2D eigenvalue weighted by atomic mass is 10.2. The summed E-state index contributed by atoms with van der Waals surface area (Å²) in [7, 11) is 0. The molecule has 2 N–H and O–H groups in total. The lowest BCUT2D eigenvalue weighted by Crippen LogP contribution is -2.23. The van der Waals surface area contributed by atoms with Crippen LogP contribution in [-0.4, -0.2) is 28.6 Å². The predicted octanol–water partition coefficient (Wildman–Crippen LogP) is 2.31. The van der Waals surface area contributed by atoms with Gasteiger partial charge >= 0.3 is 12.6 Å².